The number of fused-ring (bicyclic) bond motifs is 1. The first-order valence-corrected chi connectivity index (χ1v) is 10.2. The molecule has 0 aromatic heterocycles. The van der Waals surface area contributed by atoms with E-state index in [4.69, 9.17) is 23.7 Å². The van der Waals surface area contributed by atoms with Gasteiger partial charge in [-0.25, -0.2) is 4.79 Å². The highest BCUT2D eigenvalue weighted by atomic mass is 16.7. The van der Waals surface area contributed by atoms with Crippen molar-refractivity contribution in [3.63, 3.8) is 0 Å². The maximum absolute atomic E-state index is 13.1. The second-order valence-corrected chi connectivity index (χ2v) is 8.52. The van der Waals surface area contributed by atoms with Crippen molar-refractivity contribution in [3.05, 3.63) is 11.3 Å². The normalized spacial score (nSPS) is 43.4. The fraction of sp³-hybridized carbons (Fsp3) is 0.750. The molecule has 31 heavy (non-hydrogen) atoms. The Morgan fingerprint density at radius 1 is 1.03 bits per heavy atom. The quantitative estimate of drug-likeness (QED) is 0.346. The highest BCUT2D eigenvalue weighted by Gasteiger charge is 2.60. The van der Waals surface area contributed by atoms with Crippen LogP contribution < -0.4 is 0 Å². The van der Waals surface area contributed by atoms with Crippen LogP contribution in [0.3, 0.4) is 0 Å². The summed E-state index contributed by atoms with van der Waals surface area (Å²) in [6.45, 7) is 3.20. The van der Waals surface area contributed by atoms with E-state index in [0.29, 0.717) is 0 Å². The Morgan fingerprint density at radius 2 is 1.77 bits per heavy atom. The smallest absolute Gasteiger partial charge is 0.374 e. The van der Waals surface area contributed by atoms with Gasteiger partial charge in [0.15, 0.2) is 5.78 Å². The zero-order valence-electron chi connectivity index (χ0n) is 17.2. The molecule has 0 bridgehead atoms. The number of Topliss-reactive ketones (excluding diaryl/α,β-unsaturated/α-hetero) is 1. The number of aliphatic hydroxyl groups excluding tert-OH is 3. The maximum Gasteiger partial charge on any atom is 0.374 e. The van der Waals surface area contributed by atoms with E-state index in [1.165, 1.54) is 6.92 Å². The monoisotopic (exact) mass is 442 g/mol. The van der Waals surface area contributed by atoms with Gasteiger partial charge in [-0.15, -0.1) is 0 Å². The largest absolute Gasteiger partial charge is 0.464 e. The molecule has 0 spiro atoms. The van der Waals surface area contributed by atoms with Gasteiger partial charge >= 0.3 is 11.9 Å². The van der Waals surface area contributed by atoms with Gasteiger partial charge in [0, 0.05) is 17.9 Å². The van der Waals surface area contributed by atoms with E-state index in [1.54, 1.807) is 6.92 Å². The van der Waals surface area contributed by atoms with Gasteiger partial charge < -0.3 is 39.0 Å². The lowest BCUT2D eigenvalue weighted by molar-refractivity contribution is -0.282. The van der Waals surface area contributed by atoms with Gasteiger partial charge in [-0.1, -0.05) is 0 Å². The van der Waals surface area contributed by atoms with Crippen molar-refractivity contribution < 1.29 is 53.4 Å². The molecular weight excluding hydrogens is 416 g/mol. The minimum Gasteiger partial charge on any atom is -0.464 e. The van der Waals surface area contributed by atoms with Crippen LogP contribution in [0.4, 0.5) is 0 Å². The SMILES string of the molecule is C[C@@H]1CC(=O)[C@]2(CC3=C(O[C@@H]4O[C@@H](C)[C@H](O)[C@@H](O)[C@H]4O)C(=O)OC3)C(=O)OC[C@@H]2CO1. The summed E-state index contributed by atoms with van der Waals surface area (Å²) in [5.74, 6) is -2.66. The van der Waals surface area contributed by atoms with Crippen LogP contribution >= 0.6 is 0 Å². The number of carbonyl (C=O) groups excluding carboxylic acids is 3. The average molecular weight is 442 g/mol. The Bertz CT molecular complexity index is 807. The number of esters is 2. The molecule has 3 N–H and O–H groups in total. The molecule has 0 saturated carbocycles. The lowest BCUT2D eigenvalue weighted by Crippen LogP contribution is -2.57. The Hall–Kier alpha value is -2.05. The first-order chi connectivity index (χ1) is 14.6. The summed E-state index contributed by atoms with van der Waals surface area (Å²) in [7, 11) is 0. The summed E-state index contributed by atoms with van der Waals surface area (Å²) in [6, 6.07) is 0. The van der Waals surface area contributed by atoms with Crippen LogP contribution in [0.5, 0.6) is 0 Å². The molecular formula is C20H26O11. The van der Waals surface area contributed by atoms with Crippen molar-refractivity contribution in [2.75, 3.05) is 19.8 Å². The van der Waals surface area contributed by atoms with E-state index in [0.717, 1.165) is 0 Å². The van der Waals surface area contributed by atoms with E-state index < -0.39 is 54.0 Å². The van der Waals surface area contributed by atoms with Gasteiger partial charge in [-0.2, -0.15) is 0 Å². The highest BCUT2D eigenvalue weighted by molar-refractivity contribution is 6.06. The minimum atomic E-state index is -1.63. The van der Waals surface area contributed by atoms with Gasteiger partial charge in [0.25, 0.3) is 0 Å². The first kappa shape index (κ1) is 22.2. The summed E-state index contributed by atoms with van der Waals surface area (Å²) in [4.78, 5) is 38.1. The molecule has 3 fully saturated rings. The van der Waals surface area contributed by atoms with Crippen LogP contribution in [0.15, 0.2) is 11.3 Å². The van der Waals surface area contributed by atoms with Crippen LogP contribution in [0, 0.1) is 11.3 Å². The molecule has 4 aliphatic rings. The van der Waals surface area contributed by atoms with E-state index >= 15 is 0 Å². The third kappa shape index (κ3) is 3.64. The number of cyclic esters (lactones) is 2. The number of carbonyl (C=O) groups is 3. The van der Waals surface area contributed by atoms with Gasteiger partial charge in [-0.05, 0) is 20.3 Å². The van der Waals surface area contributed by atoms with Crippen LogP contribution in [-0.2, 0) is 38.1 Å². The molecule has 0 aromatic carbocycles. The minimum absolute atomic E-state index is 0.0237. The van der Waals surface area contributed by atoms with Crippen molar-refractivity contribution in [1.82, 2.24) is 0 Å². The number of rotatable bonds is 4. The molecule has 0 aromatic rings. The Kier molecular flexibility index (Phi) is 5.81. The zero-order chi connectivity index (χ0) is 22.5. The van der Waals surface area contributed by atoms with E-state index in [2.05, 4.69) is 0 Å². The molecule has 11 nitrogen and oxygen atoms in total. The molecule has 0 unspecified atom stereocenters. The standard InChI is InChI=1S/C20H26O11/c1-8-3-12(21)20(11(6-27-8)7-29-19(20)26)4-10-5-28-17(25)16(10)31-18-15(24)14(23)13(22)9(2)30-18/h8-9,11,13-15,18,22-24H,3-7H2,1-2H3/t8-,9+,11+,13+,14-,15-,18+,20-/m1/s1. The topological polar surface area (TPSA) is 158 Å². The van der Waals surface area contributed by atoms with Crippen molar-refractivity contribution >= 4 is 17.7 Å². The van der Waals surface area contributed by atoms with Crippen LogP contribution in [0.2, 0.25) is 0 Å². The highest BCUT2D eigenvalue weighted by Crippen LogP contribution is 2.46. The van der Waals surface area contributed by atoms with Crippen molar-refractivity contribution in [2.24, 2.45) is 11.3 Å². The average Bonchev–Trinajstić information content (AvgIpc) is 3.19. The molecule has 3 saturated heterocycles. The van der Waals surface area contributed by atoms with Crippen molar-refractivity contribution in [3.8, 4) is 0 Å². The second-order valence-electron chi connectivity index (χ2n) is 8.52. The molecule has 0 aliphatic carbocycles. The van der Waals surface area contributed by atoms with Crippen molar-refractivity contribution in [1.29, 1.82) is 0 Å². The van der Waals surface area contributed by atoms with Gasteiger partial charge in [0.05, 0.1) is 25.4 Å². The van der Waals surface area contributed by atoms with E-state index in [-0.39, 0.29) is 55.9 Å². The maximum atomic E-state index is 13.1. The molecule has 4 aliphatic heterocycles. The number of hydrogen-bond donors (Lipinski definition) is 3. The van der Waals surface area contributed by atoms with Crippen molar-refractivity contribution in [2.45, 2.75) is 63.5 Å². The van der Waals surface area contributed by atoms with E-state index in [1.807, 2.05) is 0 Å². The third-order valence-electron chi connectivity index (χ3n) is 6.45. The van der Waals surface area contributed by atoms with Crippen LogP contribution in [0.25, 0.3) is 0 Å². The van der Waals surface area contributed by atoms with Crippen LogP contribution in [0.1, 0.15) is 26.7 Å². The van der Waals surface area contributed by atoms with Gasteiger partial charge in [0.2, 0.25) is 12.0 Å². The summed E-state index contributed by atoms with van der Waals surface area (Å²) >= 11 is 0. The second kappa shape index (κ2) is 8.14. The Labute approximate surface area is 177 Å². The lowest BCUT2D eigenvalue weighted by Gasteiger charge is -2.38. The summed E-state index contributed by atoms with van der Waals surface area (Å²) in [6.07, 6.45) is -7.34. The fourth-order valence-corrected chi connectivity index (χ4v) is 4.50. The van der Waals surface area contributed by atoms with Crippen LogP contribution in [-0.4, -0.2) is 89.7 Å². The molecule has 4 rings (SSSR count). The first-order valence-electron chi connectivity index (χ1n) is 10.2. The molecule has 172 valence electrons. The Balaban J connectivity index is 1.63. The predicted octanol–water partition coefficient (Wildman–Crippen LogP) is -1.43. The van der Waals surface area contributed by atoms with E-state index in [9.17, 15) is 29.7 Å². The lowest BCUT2D eigenvalue weighted by atomic mass is 9.69. The number of ether oxygens (including phenoxy) is 5. The zero-order valence-corrected chi connectivity index (χ0v) is 17.2. The molecule has 0 amide bonds. The Morgan fingerprint density at radius 3 is 2.52 bits per heavy atom. The summed E-state index contributed by atoms with van der Waals surface area (Å²) in [5.41, 5.74) is -1.27. The predicted molar refractivity (Wildman–Crippen MR) is 98.0 cm³/mol. The number of hydrogen-bond acceptors (Lipinski definition) is 11. The molecule has 0 radical (unpaired) electrons. The fourth-order valence-electron chi connectivity index (χ4n) is 4.50. The molecule has 11 heteroatoms. The third-order valence-corrected chi connectivity index (χ3v) is 6.45. The number of ketones is 1. The molecule has 4 heterocycles. The van der Waals surface area contributed by atoms with Gasteiger partial charge in [0.1, 0.15) is 30.3 Å². The summed E-state index contributed by atoms with van der Waals surface area (Å²) < 4.78 is 26.8. The summed E-state index contributed by atoms with van der Waals surface area (Å²) in [5, 5.41) is 30.0. The molecule has 8 atom stereocenters. The van der Waals surface area contributed by atoms with Gasteiger partial charge in [-0.3, -0.25) is 9.59 Å². The number of aliphatic hydroxyl groups is 3.